The van der Waals surface area contributed by atoms with Crippen molar-refractivity contribution in [2.45, 2.75) is 31.2 Å². The molecule has 5 rings (SSSR count). The van der Waals surface area contributed by atoms with Gasteiger partial charge in [-0.15, -0.1) is 0 Å². The van der Waals surface area contributed by atoms with Gasteiger partial charge in [-0.25, -0.2) is 4.68 Å². The molecule has 0 bridgehead atoms. The molecule has 0 radical (unpaired) electrons. The largest absolute Gasteiger partial charge is 0.467 e. The van der Waals surface area contributed by atoms with Crippen molar-refractivity contribution in [3.8, 4) is 11.5 Å². The molecule has 11 heteroatoms. The molecule has 4 heterocycles. The molecule has 0 aliphatic carbocycles. The van der Waals surface area contributed by atoms with Gasteiger partial charge in [0, 0.05) is 12.5 Å². The molecular formula is C20H17F3N4O4. The maximum absolute atomic E-state index is 13.8. The monoisotopic (exact) mass is 434 g/mol. The molecule has 2 aliphatic rings. The highest BCUT2D eigenvalue weighted by Crippen LogP contribution is 2.45. The highest BCUT2D eigenvalue weighted by Gasteiger charge is 2.47. The van der Waals surface area contributed by atoms with Crippen LogP contribution in [0.1, 0.15) is 40.3 Å². The van der Waals surface area contributed by atoms with E-state index in [1.54, 1.807) is 30.3 Å². The fraction of sp³-hybridized carbons (Fsp3) is 0.300. The number of rotatable bonds is 4. The first-order valence-corrected chi connectivity index (χ1v) is 9.51. The number of alkyl halides is 3. The summed E-state index contributed by atoms with van der Waals surface area (Å²) in [5, 5.41) is 9.58. The van der Waals surface area contributed by atoms with Crippen molar-refractivity contribution in [3.05, 3.63) is 59.7 Å². The predicted octanol–water partition coefficient (Wildman–Crippen LogP) is 3.80. The maximum Gasteiger partial charge on any atom is 0.410 e. The van der Waals surface area contributed by atoms with Crippen molar-refractivity contribution in [1.29, 1.82) is 0 Å². The van der Waals surface area contributed by atoms with Crippen LogP contribution in [0.25, 0.3) is 0 Å². The van der Waals surface area contributed by atoms with Gasteiger partial charge in [0.1, 0.15) is 11.6 Å². The number of carbonyl (C=O) groups excluding carboxylic acids is 1. The summed E-state index contributed by atoms with van der Waals surface area (Å²) in [5.41, 5.74) is 0.504. The lowest BCUT2D eigenvalue weighted by Crippen LogP contribution is -2.35. The molecule has 0 saturated heterocycles. The van der Waals surface area contributed by atoms with Crippen molar-refractivity contribution < 1.29 is 31.9 Å². The van der Waals surface area contributed by atoms with E-state index >= 15 is 0 Å². The zero-order valence-corrected chi connectivity index (χ0v) is 16.0. The summed E-state index contributed by atoms with van der Waals surface area (Å²) in [6.07, 6.45) is -3.37. The molecule has 2 N–H and O–H groups in total. The number of ether oxygens (including phenoxy) is 2. The first kappa shape index (κ1) is 19.3. The zero-order chi connectivity index (χ0) is 21.6. The number of anilines is 1. The van der Waals surface area contributed by atoms with Crippen LogP contribution >= 0.6 is 0 Å². The van der Waals surface area contributed by atoms with E-state index in [0.717, 1.165) is 4.68 Å². The van der Waals surface area contributed by atoms with Crippen LogP contribution < -0.4 is 20.1 Å². The number of carbonyl (C=O) groups is 1. The molecule has 3 aromatic rings. The molecular weight excluding hydrogens is 417 g/mol. The van der Waals surface area contributed by atoms with Gasteiger partial charge in [-0.1, -0.05) is 6.07 Å². The van der Waals surface area contributed by atoms with Gasteiger partial charge in [0.05, 0.1) is 18.8 Å². The first-order chi connectivity index (χ1) is 14.9. The molecule has 0 spiro atoms. The molecule has 0 unspecified atom stereocenters. The Hall–Kier alpha value is -3.63. The van der Waals surface area contributed by atoms with Gasteiger partial charge in [0.15, 0.2) is 23.2 Å². The highest BCUT2D eigenvalue weighted by atomic mass is 19.4. The van der Waals surface area contributed by atoms with Crippen LogP contribution in [0.4, 0.5) is 19.0 Å². The summed E-state index contributed by atoms with van der Waals surface area (Å²) < 4.78 is 58.0. The summed E-state index contributed by atoms with van der Waals surface area (Å²) in [4.78, 5) is 12.4. The second kappa shape index (κ2) is 7.25. The Morgan fingerprint density at radius 3 is 2.84 bits per heavy atom. The smallest absolute Gasteiger partial charge is 0.410 e. The van der Waals surface area contributed by atoms with E-state index in [4.69, 9.17) is 13.9 Å². The molecule has 1 aromatic carbocycles. The van der Waals surface area contributed by atoms with E-state index in [2.05, 4.69) is 15.7 Å². The van der Waals surface area contributed by atoms with Gasteiger partial charge in [-0.05, 0) is 29.8 Å². The van der Waals surface area contributed by atoms with Gasteiger partial charge < -0.3 is 24.5 Å². The molecule has 162 valence electrons. The number of amides is 1. The fourth-order valence-corrected chi connectivity index (χ4v) is 3.70. The van der Waals surface area contributed by atoms with Crippen molar-refractivity contribution >= 4 is 11.7 Å². The standard InChI is InChI=1S/C20H17F3N4O4/c21-20(22,23)17-7-13(11-3-4-15-16(6-11)31-10-30-15)25-18-8-14(26-27(17)18)19(28)24-9-12-2-1-5-29-12/h1-6,8,13,17,25H,7,9-10H2,(H,24,28)/t13-,17+/m1/s1. The predicted molar refractivity (Wildman–Crippen MR) is 101 cm³/mol. The van der Waals surface area contributed by atoms with Gasteiger partial charge in [0.2, 0.25) is 6.79 Å². The molecule has 2 aliphatic heterocycles. The third kappa shape index (κ3) is 3.66. The zero-order valence-electron chi connectivity index (χ0n) is 16.0. The molecule has 0 saturated carbocycles. The van der Waals surface area contributed by atoms with Gasteiger partial charge >= 0.3 is 6.18 Å². The number of nitrogens with zero attached hydrogens (tertiary/aromatic N) is 2. The molecule has 8 nitrogen and oxygen atoms in total. The van der Waals surface area contributed by atoms with Crippen LogP contribution in [0.3, 0.4) is 0 Å². The normalized spacial score (nSPS) is 19.6. The van der Waals surface area contributed by atoms with Crippen LogP contribution in [-0.4, -0.2) is 28.7 Å². The van der Waals surface area contributed by atoms with E-state index in [0.29, 0.717) is 22.8 Å². The van der Waals surface area contributed by atoms with Gasteiger partial charge in [-0.2, -0.15) is 18.3 Å². The second-order valence-corrected chi connectivity index (χ2v) is 7.22. The fourth-order valence-electron chi connectivity index (χ4n) is 3.70. The van der Waals surface area contributed by atoms with E-state index in [1.165, 1.54) is 12.3 Å². The van der Waals surface area contributed by atoms with Crippen molar-refractivity contribution in [1.82, 2.24) is 15.1 Å². The number of hydrogen-bond acceptors (Lipinski definition) is 6. The number of furan rings is 1. The van der Waals surface area contributed by atoms with E-state index < -0.39 is 24.2 Å². The lowest BCUT2D eigenvalue weighted by molar-refractivity contribution is -0.173. The topological polar surface area (TPSA) is 90.6 Å². The molecule has 31 heavy (non-hydrogen) atoms. The minimum Gasteiger partial charge on any atom is -0.467 e. The van der Waals surface area contributed by atoms with Crippen LogP contribution in [0.15, 0.2) is 47.1 Å². The minimum atomic E-state index is -4.54. The Balaban J connectivity index is 1.41. The SMILES string of the molecule is O=C(NCc1ccco1)c1cc2n(n1)[C@H](C(F)(F)F)C[C@H](c1ccc3c(c1)OCO3)N2. The average Bonchev–Trinajstić information content (AvgIpc) is 3.50. The van der Waals surface area contributed by atoms with Gasteiger partial charge in [-0.3, -0.25) is 4.79 Å². The molecule has 2 atom stereocenters. The molecule has 2 aromatic heterocycles. The van der Waals surface area contributed by atoms with E-state index in [1.807, 2.05) is 0 Å². The lowest BCUT2D eigenvalue weighted by atomic mass is 9.96. The van der Waals surface area contributed by atoms with Crippen LogP contribution in [-0.2, 0) is 6.54 Å². The Morgan fingerprint density at radius 2 is 2.06 bits per heavy atom. The summed E-state index contributed by atoms with van der Waals surface area (Å²) >= 11 is 0. The van der Waals surface area contributed by atoms with Crippen LogP contribution in [0.2, 0.25) is 0 Å². The third-order valence-electron chi connectivity index (χ3n) is 5.22. The van der Waals surface area contributed by atoms with Crippen LogP contribution in [0.5, 0.6) is 11.5 Å². The summed E-state index contributed by atoms with van der Waals surface area (Å²) in [6.45, 7) is 0.176. The first-order valence-electron chi connectivity index (χ1n) is 9.51. The second-order valence-electron chi connectivity index (χ2n) is 7.22. The maximum atomic E-state index is 13.8. The van der Waals surface area contributed by atoms with Crippen molar-refractivity contribution in [2.75, 3.05) is 12.1 Å². The third-order valence-corrected chi connectivity index (χ3v) is 5.22. The molecule has 1 amide bonds. The Kier molecular flexibility index (Phi) is 4.53. The quantitative estimate of drug-likeness (QED) is 0.649. The number of fused-ring (bicyclic) bond motifs is 2. The number of halogens is 3. The minimum absolute atomic E-state index is 0.0747. The Labute approximate surface area is 173 Å². The number of nitrogens with one attached hydrogen (secondary N) is 2. The summed E-state index contributed by atoms with van der Waals surface area (Å²) in [5.74, 6) is 1.07. The van der Waals surface area contributed by atoms with Gasteiger partial charge in [0.25, 0.3) is 5.91 Å². The lowest BCUT2D eigenvalue weighted by Gasteiger charge is -2.33. The highest BCUT2D eigenvalue weighted by molar-refractivity contribution is 5.93. The Bertz CT molecular complexity index is 1110. The van der Waals surface area contributed by atoms with E-state index in [-0.39, 0.29) is 31.3 Å². The number of aromatic nitrogens is 2. The number of hydrogen-bond donors (Lipinski definition) is 2. The molecule has 0 fully saturated rings. The van der Waals surface area contributed by atoms with E-state index in [9.17, 15) is 18.0 Å². The summed E-state index contributed by atoms with van der Waals surface area (Å²) in [7, 11) is 0. The number of benzene rings is 1. The van der Waals surface area contributed by atoms with Crippen molar-refractivity contribution in [3.63, 3.8) is 0 Å². The van der Waals surface area contributed by atoms with Crippen LogP contribution in [0, 0.1) is 0 Å². The summed E-state index contributed by atoms with van der Waals surface area (Å²) in [6, 6.07) is 7.16. The Morgan fingerprint density at radius 1 is 1.23 bits per heavy atom. The average molecular weight is 434 g/mol. The van der Waals surface area contributed by atoms with Crippen molar-refractivity contribution in [2.24, 2.45) is 0 Å².